The van der Waals surface area contributed by atoms with Crippen LogP contribution in [0.4, 0.5) is 5.69 Å². The van der Waals surface area contributed by atoms with Gasteiger partial charge >= 0.3 is 5.69 Å². The highest BCUT2D eigenvalue weighted by molar-refractivity contribution is 5.77. The van der Waals surface area contributed by atoms with E-state index in [2.05, 4.69) is 5.32 Å². The minimum absolute atomic E-state index is 0.0722. The predicted octanol–water partition coefficient (Wildman–Crippen LogP) is 2.65. The summed E-state index contributed by atoms with van der Waals surface area (Å²) in [7, 11) is 1.60. The fourth-order valence-electron chi connectivity index (χ4n) is 2.36. The molecule has 0 aromatic heterocycles. The quantitative estimate of drug-likeness (QED) is 0.587. The zero-order valence-electron chi connectivity index (χ0n) is 14.2. The number of nitro benzene ring substituents is 1. The highest BCUT2D eigenvalue weighted by Gasteiger charge is 2.14. The number of para-hydroxylation sites is 2. The maximum atomic E-state index is 11.9. The van der Waals surface area contributed by atoms with E-state index in [1.165, 1.54) is 12.1 Å². The highest BCUT2D eigenvalue weighted by Crippen LogP contribution is 2.25. The van der Waals surface area contributed by atoms with Crippen molar-refractivity contribution in [2.75, 3.05) is 20.3 Å². The molecule has 2 rings (SSSR count). The van der Waals surface area contributed by atoms with Crippen molar-refractivity contribution in [3.63, 3.8) is 0 Å². The van der Waals surface area contributed by atoms with Crippen molar-refractivity contribution in [3.8, 4) is 11.5 Å². The number of ether oxygens (including phenoxy) is 2. The molecular weight excluding hydrogens is 324 g/mol. The first-order chi connectivity index (χ1) is 12.0. The maximum absolute atomic E-state index is 11.9. The van der Waals surface area contributed by atoms with Crippen LogP contribution in [0.25, 0.3) is 0 Å². The first-order valence-electron chi connectivity index (χ1n) is 7.77. The van der Waals surface area contributed by atoms with Gasteiger partial charge < -0.3 is 14.8 Å². The third kappa shape index (κ3) is 5.20. The number of nitrogens with one attached hydrogen (secondary N) is 1. The molecule has 0 saturated heterocycles. The van der Waals surface area contributed by atoms with E-state index in [4.69, 9.17) is 9.47 Å². The molecule has 0 atom stereocenters. The van der Waals surface area contributed by atoms with Crippen molar-refractivity contribution in [2.45, 2.75) is 13.3 Å². The Kier molecular flexibility index (Phi) is 6.33. The summed E-state index contributed by atoms with van der Waals surface area (Å²) >= 11 is 0. The Labute approximate surface area is 145 Å². The Bertz CT molecular complexity index is 761. The van der Waals surface area contributed by atoms with Crippen LogP contribution in [0.2, 0.25) is 0 Å². The van der Waals surface area contributed by atoms with Gasteiger partial charge in [-0.3, -0.25) is 14.9 Å². The molecule has 0 spiro atoms. The summed E-state index contributed by atoms with van der Waals surface area (Å²) in [5.41, 5.74) is 1.95. The zero-order chi connectivity index (χ0) is 18.2. The number of carbonyl (C=O) groups is 1. The molecule has 0 heterocycles. The van der Waals surface area contributed by atoms with Gasteiger partial charge in [0.05, 0.1) is 12.0 Å². The minimum Gasteiger partial charge on any atom is -0.496 e. The molecule has 132 valence electrons. The summed E-state index contributed by atoms with van der Waals surface area (Å²) in [5, 5.41) is 13.6. The van der Waals surface area contributed by atoms with Gasteiger partial charge in [-0.1, -0.05) is 29.8 Å². The third-order valence-corrected chi connectivity index (χ3v) is 3.57. The Morgan fingerprint density at radius 3 is 2.68 bits per heavy atom. The fourth-order valence-corrected chi connectivity index (χ4v) is 2.36. The molecule has 1 N–H and O–H groups in total. The molecule has 0 bridgehead atoms. The molecule has 0 aliphatic rings. The van der Waals surface area contributed by atoms with E-state index >= 15 is 0 Å². The van der Waals surface area contributed by atoms with Crippen molar-refractivity contribution in [2.24, 2.45) is 0 Å². The van der Waals surface area contributed by atoms with Crippen LogP contribution >= 0.6 is 0 Å². The number of amides is 1. The van der Waals surface area contributed by atoms with Crippen LogP contribution in [0.15, 0.2) is 42.5 Å². The van der Waals surface area contributed by atoms with E-state index in [0.29, 0.717) is 13.0 Å². The van der Waals surface area contributed by atoms with Crippen molar-refractivity contribution in [1.29, 1.82) is 0 Å². The summed E-state index contributed by atoms with van der Waals surface area (Å²) in [6, 6.07) is 11.8. The van der Waals surface area contributed by atoms with Crippen LogP contribution in [-0.2, 0) is 11.2 Å². The molecule has 25 heavy (non-hydrogen) atoms. The number of nitro groups is 1. The maximum Gasteiger partial charge on any atom is 0.310 e. The summed E-state index contributed by atoms with van der Waals surface area (Å²) in [6.45, 7) is 2.12. The molecule has 2 aromatic carbocycles. The smallest absolute Gasteiger partial charge is 0.310 e. The van der Waals surface area contributed by atoms with E-state index in [1.54, 1.807) is 19.2 Å². The molecule has 2 aromatic rings. The van der Waals surface area contributed by atoms with Crippen molar-refractivity contribution in [3.05, 3.63) is 63.7 Å². The molecular formula is C18H20N2O5. The second-order valence-corrected chi connectivity index (χ2v) is 5.43. The molecule has 0 aliphatic carbocycles. The molecule has 0 aliphatic heterocycles. The van der Waals surface area contributed by atoms with Crippen molar-refractivity contribution >= 4 is 11.6 Å². The molecule has 1 amide bonds. The second kappa shape index (κ2) is 8.68. The normalized spacial score (nSPS) is 10.2. The topological polar surface area (TPSA) is 90.7 Å². The van der Waals surface area contributed by atoms with Crippen LogP contribution in [0.3, 0.4) is 0 Å². The fraction of sp³-hybridized carbons (Fsp3) is 0.278. The minimum atomic E-state index is -0.544. The molecule has 0 radical (unpaired) electrons. The molecule has 0 fully saturated rings. The van der Waals surface area contributed by atoms with Gasteiger partial charge in [-0.25, -0.2) is 0 Å². The van der Waals surface area contributed by atoms with Gasteiger partial charge in [-0.15, -0.1) is 0 Å². The van der Waals surface area contributed by atoms with E-state index in [1.807, 2.05) is 25.1 Å². The summed E-state index contributed by atoms with van der Waals surface area (Å²) in [5.74, 6) is 0.504. The van der Waals surface area contributed by atoms with Crippen LogP contribution < -0.4 is 14.8 Å². The van der Waals surface area contributed by atoms with Crippen LogP contribution in [-0.4, -0.2) is 31.1 Å². The summed E-state index contributed by atoms with van der Waals surface area (Å²) in [6.07, 6.45) is 0.613. The van der Waals surface area contributed by atoms with Gasteiger partial charge in [0, 0.05) is 12.6 Å². The molecule has 0 saturated carbocycles. The Morgan fingerprint density at radius 2 is 1.96 bits per heavy atom. The van der Waals surface area contributed by atoms with E-state index in [9.17, 15) is 14.9 Å². The molecule has 7 heteroatoms. The summed E-state index contributed by atoms with van der Waals surface area (Å²) < 4.78 is 10.5. The van der Waals surface area contributed by atoms with Crippen LogP contribution in [0.5, 0.6) is 11.5 Å². The van der Waals surface area contributed by atoms with Gasteiger partial charge in [-0.2, -0.15) is 0 Å². The first kappa shape index (κ1) is 18.3. The third-order valence-electron chi connectivity index (χ3n) is 3.57. The number of aryl methyl sites for hydroxylation is 1. The number of hydrogen-bond acceptors (Lipinski definition) is 5. The second-order valence-electron chi connectivity index (χ2n) is 5.43. The van der Waals surface area contributed by atoms with E-state index < -0.39 is 4.92 Å². The van der Waals surface area contributed by atoms with Gasteiger partial charge in [0.15, 0.2) is 12.4 Å². The van der Waals surface area contributed by atoms with Gasteiger partial charge in [0.2, 0.25) is 0 Å². The van der Waals surface area contributed by atoms with Gasteiger partial charge in [-0.05, 0) is 31.0 Å². The standard InChI is InChI=1S/C18H20N2O5/c1-13-7-8-16(24-2)14(11-13)9-10-19-18(21)12-25-17-6-4-3-5-15(17)20(22)23/h3-8,11H,9-10,12H2,1-2H3,(H,19,21). The van der Waals surface area contributed by atoms with Crippen LogP contribution in [0, 0.1) is 17.0 Å². The average molecular weight is 344 g/mol. The predicted molar refractivity (Wildman–Crippen MR) is 93.0 cm³/mol. The van der Waals surface area contributed by atoms with Gasteiger partial charge in [0.25, 0.3) is 5.91 Å². The Balaban J connectivity index is 1.84. The number of methoxy groups -OCH3 is 1. The zero-order valence-corrected chi connectivity index (χ0v) is 14.2. The van der Waals surface area contributed by atoms with E-state index in [-0.39, 0.29) is 24.0 Å². The highest BCUT2D eigenvalue weighted by atomic mass is 16.6. The summed E-state index contributed by atoms with van der Waals surface area (Å²) in [4.78, 5) is 22.2. The SMILES string of the molecule is COc1ccc(C)cc1CCNC(=O)COc1ccccc1[N+](=O)[O-]. The van der Waals surface area contributed by atoms with E-state index in [0.717, 1.165) is 16.9 Å². The Hall–Kier alpha value is -3.09. The largest absolute Gasteiger partial charge is 0.496 e. The first-order valence-corrected chi connectivity index (χ1v) is 7.77. The Morgan fingerprint density at radius 1 is 1.20 bits per heavy atom. The lowest BCUT2D eigenvalue weighted by molar-refractivity contribution is -0.385. The average Bonchev–Trinajstić information content (AvgIpc) is 2.60. The lowest BCUT2D eigenvalue weighted by Crippen LogP contribution is -2.30. The van der Waals surface area contributed by atoms with Gasteiger partial charge in [0.1, 0.15) is 5.75 Å². The lowest BCUT2D eigenvalue weighted by Gasteiger charge is -2.11. The number of carbonyl (C=O) groups excluding carboxylic acids is 1. The molecule has 0 unspecified atom stereocenters. The number of rotatable bonds is 8. The number of benzene rings is 2. The number of hydrogen-bond donors (Lipinski definition) is 1. The molecule has 7 nitrogen and oxygen atoms in total. The number of nitrogens with zero attached hydrogens (tertiary/aromatic N) is 1. The van der Waals surface area contributed by atoms with Crippen molar-refractivity contribution in [1.82, 2.24) is 5.32 Å². The monoisotopic (exact) mass is 344 g/mol. The lowest BCUT2D eigenvalue weighted by atomic mass is 10.1. The van der Waals surface area contributed by atoms with Crippen LogP contribution in [0.1, 0.15) is 11.1 Å². The van der Waals surface area contributed by atoms with Crippen molar-refractivity contribution < 1.29 is 19.2 Å².